The van der Waals surface area contributed by atoms with Crippen molar-refractivity contribution < 1.29 is 27.2 Å². The van der Waals surface area contributed by atoms with Gasteiger partial charge in [-0.1, -0.05) is 94.7 Å². The molecule has 0 radical (unpaired) electrons. The second-order valence-electron chi connectivity index (χ2n) is 5.98. The summed E-state index contributed by atoms with van der Waals surface area (Å²) in [6.45, 7) is 2.49. The molecule has 0 rings (SSSR count). The summed E-state index contributed by atoms with van der Waals surface area (Å²) in [5.74, 6) is 0. The lowest BCUT2D eigenvalue weighted by molar-refractivity contribution is -0.466. The van der Waals surface area contributed by atoms with Crippen LogP contribution in [0.4, 0.5) is 0 Å². The second-order valence-corrected chi connectivity index (χ2v) is 6.97. The van der Waals surface area contributed by atoms with Crippen molar-refractivity contribution in [2.75, 3.05) is 6.61 Å². The van der Waals surface area contributed by atoms with Gasteiger partial charge in [0.25, 0.3) is 0 Å². The molecule has 0 bridgehead atoms. The Morgan fingerprint density at radius 3 is 1.48 bits per heavy atom. The Hall–Kier alpha value is -0.210. The van der Waals surface area contributed by atoms with Gasteiger partial charge in [0.15, 0.2) is 0 Å². The van der Waals surface area contributed by atoms with Gasteiger partial charge in [-0.25, -0.2) is 4.89 Å². The fourth-order valence-corrected chi connectivity index (χ4v) is 2.55. The van der Waals surface area contributed by atoms with Gasteiger partial charge in [0.05, 0.1) is 6.61 Å². The zero-order chi connectivity index (χ0) is 17.2. The Bertz CT molecular complexity index is 331. The lowest BCUT2D eigenvalue weighted by atomic mass is 10.0. The lowest BCUT2D eigenvalue weighted by Gasteiger charge is -2.03. The standard InChI is InChI=1S/C16H34O6S/c1-2-3-4-5-6-7-8-9-10-11-12-13-14-15-16-20-21-22-23(17,18)19/h2-16H2,1H3,(H,17,18,19). The molecule has 0 aromatic heterocycles. The largest absolute Gasteiger partial charge is 0.426 e. The predicted molar refractivity (Wildman–Crippen MR) is 90.0 cm³/mol. The van der Waals surface area contributed by atoms with E-state index < -0.39 is 10.4 Å². The molecule has 0 saturated carbocycles. The van der Waals surface area contributed by atoms with Crippen molar-refractivity contribution in [2.45, 2.75) is 96.8 Å². The van der Waals surface area contributed by atoms with E-state index in [1.54, 1.807) is 0 Å². The second kappa shape index (κ2) is 16.6. The first-order valence-corrected chi connectivity index (χ1v) is 10.4. The molecular formula is C16H34O6S. The Morgan fingerprint density at radius 2 is 1.09 bits per heavy atom. The fraction of sp³-hybridized carbons (Fsp3) is 1.00. The third-order valence-corrected chi connectivity index (χ3v) is 3.97. The molecule has 23 heavy (non-hydrogen) atoms. The molecule has 0 spiro atoms. The van der Waals surface area contributed by atoms with Crippen LogP contribution in [0.25, 0.3) is 0 Å². The molecule has 0 aromatic carbocycles. The van der Waals surface area contributed by atoms with Crippen LogP contribution in [0, 0.1) is 0 Å². The summed E-state index contributed by atoms with van der Waals surface area (Å²) in [7, 11) is -4.59. The molecule has 0 atom stereocenters. The van der Waals surface area contributed by atoms with Crippen molar-refractivity contribution in [2.24, 2.45) is 0 Å². The third kappa shape index (κ3) is 21.8. The van der Waals surface area contributed by atoms with Crippen molar-refractivity contribution in [1.29, 1.82) is 0 Å². The highest BCUT2D eigenvalue weighted by Gasteiger charge is 2.05. The first-order valence-electron chi connectivity index (χ1n) is 9.01. The van der Waals surface area contributed by atoms with E-state index in [0.29, 0.717) is 0 Å². The van der Waals surface area contributed by atoms with Crippen LogP contribution < -0.4 is 0 Å². The van der Waals surface area contributed by atoms with Gasteiger partial charge in [0.1, 0.15) is 0 Å². The third-order valence-electron chi connectivity index (χ3n) is 3.74. The summed E-state index contributed by atoms with van der Waals surface area (Å²) in [4.78, 5) is 4.46. The molecule has 0 heterocycles. The van der Waals surface area contributed by atoms with Gasteiger partial charge < -0.3 is 0 Å². The van der Waals surface area contributed by atoms with Crippen LogP contribution >= 0.6 is 0 Å². The van der Waals surface area contributed by atoms with E-state index >= 15 is 0 Å². The maximum Gasteiger partial charge on any atom is 0.426 e. The van der Waals surface area contributed by atoms with E-state index in [-0.39, 0.29) is 6.61 Å². The molecule has 1 N–H and O–H groups in total. The average Bonchev–Trinajstić information content (AvgIpc) is 2.49. The molecule has 0 fully saturated rings. The van der Waals surface area contributed by atoms with Crippen molar-refractivity contribution >= 4 is 10.4 Å². The minimum Gasteiger partial charge on any atom is -0.262 e. The monoisotopic (exact) mass is 354 g/mol. The highest BCUT2D eigenvalue weighted by Crippen LogP contribution is 2.12. The SMILES string of the molecule is CCCCCCCCCCCCCCCCOOOS(=O)(=O)O. The van der Waals surface area contributed by atoms with Crippen molar-refractivity contribution in [3.63, 3.8) is 0 Å². The maximum absolute atomic E-state index is 10.1. The Kier molecular flexibility index (Phi) is 16.5. The van der Waals surface area contributed by atoms with E-state index in [1.807, 2.05) is 0 Å². The molecule has 0 amide bonds. The summed E-state index contributed by atoms with van der Waals surface area (Å²) >= 11 is 0. The molecule has 0 unspecified atom stereocenters. The summed E-state index contributed by atoms with van der Waals surface area (Å²) in [6.07, 6.45) is 17.7. The molecule has 0 aliphatic rings. The van der Waals surface area contributed by atoms with E-state index in [1.165, 1.54) is 70.6 Å². The summed E-state index contributed by atoms with van der Waals surface area (Å²) < 4.78 is 32.0. The van der Waals surface area contributed by atoms with Gasteiger partial charge in [0, 0.05) is 0 Å². The van der Waals surface area contributed by atoms with Gasteiger partial charge in [-0.15, -0.1) is 0 Å². The molecule has 7 heteroatoms. The molecule has 0 saturated heterocycles. The smallest absolute Gasteiger partial charge is 0.262 e. The minimum atomic E-state index is -4.59. The summed E-state index contributed by atoms with van der Waals surface area (Å²) in [5, 5.41) is 3.87. The van der Waals surface area contributed by atoms with Gasteiger partial charge in [-0.2, -0.15) is 8.42 Å². The number of rotatable bonds is 18. The molecule has 0 aliphatic heterocycles. The highest BCUT2D eigenvalue weighted by molar-refractivity contribution is 7.80. The van der Waals surface area contributed by atoms with Crippen LogP contribution in [-0.4, -0.2) is 19.6 Å². The zero-order valence-corrected chi connectivity index (χ0v) is 15.3. The minimum absolute atomic E-state index is 0.244. The average molecular weight is 355 g/mol. The van der Waals surface area contributed by atoms with Crippen LogP contribution in [0.3, 0.4) is 0 Å². The van der Waals surface area contributed by atoms with Crippen LogP contribution in [0.15, 0.2) is 0 Å². The summed E-state index contributed by atoms with van der Waals surface area (Å²) in [5.41, 5.74) is 0. The molecule has 0 aromatic rings. The Morgan fingerprint density at radius 1 is 0.696 bits per heavy atom. The Balaban J connectivity index is 3.03. The van der Waals surface area contributed by atoms with Gasteiger partial charge in [-0.3, -0.25) is 4.55 Å². The van der Waals surface area contributed by atoms with Crippen LogP contribution in [0.1, 0.15) is 96.8 Å². The Labute approximate surface area is 141 Å². The van der Waals surface area contributed by atoms with E-state index in [2.05, 4.69) is 21.2 Å². The first-order chi connectivity index (χ1) is 11.1. The summed E-state index contributed by atoms with van der Waals surface area (Å²) in [6, 6.07) is 0. The molecular weight excluding hydrogens is 320 g/mol. The predicted octanol–water partition coefficient (Wildman–Crippen LogP) is 5.15. The number of hydrogen-bond acceptors (Lipinski definition) is 5. The van der Waals surface area contributed by atoms with Gasteiger partial charge >= 0.3 is 10.4 Å². The normalized spacial score (nSPS) is 11.9. The van der Waals surface area contributed by atoms with Crippen LogP contribution in [0.5, 0.6) is 0 Å². The zero-order valence-electron chi connectivity index (χ0n) is 14.5. The van der Waals surface area contributed by atoms with Crippen molar-refractivity contribution in [3.05, 3.63) is 0 Å². The quantitative estimate of drug-likeness (QED) is 0.159. The number of hydrogen-bond donors (Lipinski definition) is 1. The van der Waals surface area contributed by atoms with Crippen molar-refractivity contribution in [1.82, 2.24) is 0 Å². The molecule has 6 nitrogen and oxygen atoms in total. The maximum atomic E-state index is 10.1. The fourth-order valence-electron chi connectivity index (χ4n) is 2.44. The van der Waals surface area contributed by atoms with E-state index in [9.17, 15) is 8.42 Å². The number of unbranched alkanes of at least 4 members (excludes halogenated alkanes) is 13. The lowest BCUT2D eigenvalue weighted by Crippen LogP contribution is -2.06. The van der Waals surface area contributed by atoms with Crippen LogP contribution in [0.2, 0.25) is 0 Å². The van der Waals surface area contributed by atoms with Crippen molar-refractivity contribution in [3.8, 4) is 0 Å². The van der Waals surface area contributed by atoms with Gasteiger partial charge in [0.2, 0.25) is 0 Å². The highest BCUT2D eigenvalue weighted by atomic mass is 32.3. The van der Waals surface area contributed by atoms with Gasteiger partial charge in [-0.05, 0) is 11.5 Å². The topological polar surface area (TPSA) is 82.1 Å². The molecule has 0 aliphatic carbocycles. The van der Waals surface area contributed by atoms with E-state index in [4.69, 9.17) is 4.55 Å². The van der Waals surface area contributed by atoms with Crippen LogP contribution in [-0.2, 0) is 24.7 Å². The molecule has 140 valence electrons. The first kappa shape index (κ1) is 22.8. The van der Waals surface area contributed by atoms with E-state index in [0.717, 1.165) is 19.3 Å².